The van der Waals surface area contributed by atoms with Crippen molar-refractivity contribution in [2.24, 2.45) is 18.2 Å². The molecule has 1 aromatic heterocycles. The minimum atomic E-state index is -0.696. The van der Waals surface area contributed by atoms with E-state index in [0.29, 0.717) is 5.69 Å². The predicted molar refractivity (Wildman–Crippen MR) is 116 cm³/mol. The van der Waals surface area contributed by atoms with Crippen LogP contribution >= 0.6 is 0 Å². The van der Waals surface area contributed by atoms with E-state index in [1.165, 1.54) is 16.7 Å². The van der Waals surface area contributed by atoms with Crippen molar-refractivity contribution in [3.8, 4) is 0 Å². The number of aryl methyl sites for hydroxylation is 1. The van der Waals surface area contributed by atoms with Crippen LogP contribution in [-0.4, -0.2) is 36.7 Å². The maximum absolute atomic E-state index is 13.2. The quantitative estimate of drug-likeness (QED) is 0.726. The number of carbonyl (C=O) groups is 1. The summed E-state index contributed by atoms with van der Waals surface area (Å²) < 4.78 is 14.7. The number of nitrogens with two attached hydrogens (primary N) is 1. The van der Waals surface area contributed by atoms with Crippen LogP contribution < -0.4 is 21.1 Å². The number of nitrogens with zero attached hydrogens (tertiary/aromatic N) is 3. The summed E-state index contributed by atoms with van der Waals surface area (Å²) in [4.78, 5) is 29.5. The fraction of sp³-hybridized carbons (Fsp3) is 0.304. The van der Waals surface area contributed by atoms with Gasteiger partial charge in [0.15, 0.2) is 0 Å². The molecule has 30 heavy (non-hydrogen) atoms. The first-order valence-electron chi connectivity index (χ1n) is 10.1. The molecular formula is C23H23FN4O2. The summed E-state index contributed by atoms with van der Waals surface area (Å²) >= 11 is 0. The molecule has 1 spiro atoms. The molecule has 0 saturated carbocycles. The predicted octanol–water partition coefficient (Wildman–Crippen LogP) is 2.49. The molecule has 0 bridgehead atoms. The summed E-state index contributed by atoms with van der Waals surface area (Å²) in [6, 6.07) is 14.2. The van der Waals surface area contributed by atoms with Crippen LogP contribution in [-0.2, 0) is 7.05 Å². The minimum absolute atomic E-state index is 0.0583. The van der Waals surface area contributed by atoms with Crippen molar-refractivity contribution >= 4 is 28.2 Å². The summed E-state index contributed by atoms with van der Waals surface area (Å²) in [7, 11) is 1.67. The van der Waals surface area contributed by atoms with Gasteiger partial charge in [-0.05, 0) is 36.8 Å². The van der Waals surface area contributed by atoms with Gasteiger partial charge in [0.25, 0.3) is 11.5 Å². The lowest BCUT2D eigenvalue weighted by molar-refractivity contribution is 0.0999. The normalized spacial score (nSPS) is 17.5. The number of fused-ring (bicyclic) bond motifs is 1. The Kier molecular flexibility index (Phi) is 4.10. The van der Waals surface area contributed by atoms with Gasteiger partial charge in [0, 0.05) is 49.7 Å². The van der Waals surface area contributed by atoms with Crippen LogP contribution in [0.25, 0.3) is 10.9 Å². The van der Waals surface area contributed by atoms with E-state index in [-0.39, 0.29) is 22.4 Å². The number of primary amides is 1. The van der Waals surface area contributed by atoms with Crippen LogP contribution in [0.4, 0.5) is 15.8 Å². The molecule has 2 aliphatic heterocycles. The van der Waals surface area contributed by atoms with Gasteiger partial charge in [0.1, 0.15) is 11.4 Å². The lowest BCUT2D eigenvalue weighted by Crippen LogP contribution is -2.57. The Bertz CT molecular complexity index is 1210. The van der Waals surface area contributed by atoms with Crippen LogP contribution in [0.3, 0.4) is 0 Å². The van der Waals surface area contributed by atoms with Gasteiger partial charge in [-0.3, -0.25) is 9.59 Å². The van der Waals surface area contributed by atoms with Crippen molar-refractivity contribution < 1.29 is 9.18 Å². The molecule has 7 heteroatoms. The zero-order chi connectivity index (χ0) is 21.0. The van der Waals surface area contributed by atoms with Crippen LogP contribution in [0, 0.1) is 11.2 Å². The number of hydrogen-bond acceptors (Lipinski definition) is 4. The molecule has 2 fully saturated rings. The molecule has 2 N–H and O–H groups in total. The Balaban J connectivity index is 1.49. The standard InChI is InChI=1S/C23H23FN4O2/c1-26-18-5-3-2-4-17(18)20(19(21(25)29)22(26)30)27-11-10-23(12-27)13-28(14-23)16-8-6-15(24)7-9-16/h2-9H,10-14H2,1H3,(H2,25,29). The second-order valence-corrected chi connectivity index (χ2v) is 8.47. The second-order valence-electron chi connectivity index (χ2n) is 8.47. The summed E-state index contributed by atoms with van der Waals surface area (Å²) in [6.45, 7) is 3.24. The summed E-state index contributed by atoms with van der Waals surface area (Å²) in [5.74, 6) is -0.934. The minimum Gasteiger partial charge on any atom is -0.370 e. The third-order valence-corrected chi connectivity index (χ3v) is 6.52. The van der Waals surface area contributed by atoms with Gasteiger partial charge in [-0.2, -0.15) is 0 Å². The van der Waals surface area contributed by atoms with Gasteiger partial charge in [-0.15, -0.1) is 0 Å². The largest absolute Gasteiger partial charge is 0.370 e. The van der Waals surface area contributed by atoms with E-state index in [9.17, 15) is 14.0 Å². The number of rotatable bonds is 3. The van der Waals surface area contributed by atoms with Gasteiger partial charge < -0.3 is 20.1 Å². The molecule has 3 heterocycles. The Hall–Kier alpha value is -3.35. The molecular weight excluding hydrogens is 383 g/mol. The molecule has 6 nitrogen and oxygen atoms in total. The topological polar surface area (TPSA) is 71.6 Å². The van der Waals surface area contributed by atoms with Crippen molar-refractivity contribution in [1.29, 1.82) is 0 Å². The van der Waals surface area contributed by atoms with Crippen molar-refractivity contribution in [2.45, 2.75) is 6.42 Å². The fourth-order valence-electron chi connectivity index (χ4n) is 5.01. The van der Waals surface area contributed by atoms with Gasteiger partial charge in [0.2, 0.25) is 0 Å². The summed E-state index contributed by atoms with van der Waals surface area (Å²) in [5.41, 5.74) is 7.88. The number of carbonyl (C=O) groups excluding carboxylic acids is 1. The first kappa shape index (κ1) is 18.7. The molecule has 2 aromatic carbocycles. The Morgan fingerprint density at radius 2 is 1.70 bits per heavy atom. The van der Waals surface area contributed by atoms with Crippen LogP contribution in [0.5, 0.6) is 0 Å². The maximum atomic E-state index is 13.2. The van der Waals surface area contributed by atoms with Crippen molar-refractivity contribution in [2.75, 3.05) is 36.0 Å². The van der Waals surface area contributed by atoms with Crippen LogP contribution in [0.15, 0.2) is 53.3 Å². The number of amides is 1. The van der Waals surface area contributed by atoms with Crippen molar-refractivity contribution in [3.05, 3.63) is 70.3 Å². The van der Waals surface area contributed by atoms with Gasteiger partial charge in [-0.1, -0.05) is 18.2 Å². The number of aromatic nitrogens is 1. The number of pyridine rings is 1. The third kappa shape index (κ3) is 2.76. The molecule has 0 atom stereocenters. The third-order valence-electron chi connectivity index (χ3n) is 6.52. The number of hydrogen-bond donors (Lipinski definition) is 1. The maximum Gasteiger partial charge on any atom is 0.265 e. The fourth-order valence-corrected chi connectivity index (χ4v) is 5.01. The summed E-state index contributed by atoms with van der Waals surface area (Å²) in [5, 5.41) is 0.861. The smallest absolute Gasteiger partial charge is 0.265 e. The zero-order valence-electron chi connectivity index (χ0n) is 16.8. The molecule has 5 rings (SSSR count). The SMILES string of the molecule is Cn1c(=O)c(C(N)=O)c(N2CCC3(CN(c4ccc(F)cc4)C3)C2)c2ccccc21. The highest BCUT2D eigenvalue weighted by Gasteiger charge is 2.48. The Morgan fingerprint density at radius 3 is 2.40 bits per heavy atom. The Labute approximate surface area is 173 Å². The second kappa shape index (κ2) is 6.58. The summed E-state index contributed by atoms with van der Waals surface area (Å²) in [6.07, 6.45) is 0.965. The van der Waals surface area contributed by atoms with E-state index in [0.717, 1.165) is 49.2 Å². The van der Waals surface area contributed by atoms with Gasteiger partial charge in [-0.25, -0.2) is 4.39 Å². The molecule has 0 radical (unpaired) electrons. The highest BCUT2D eigenvalue weighted by Crippen LogP contribution is 2.44. The van der Waals surface area contributed by atoms with Gasteiger partial charge in [0.05, 0.1) is 11.2 Å². The lowest BCUT2D eigenvalue weighted by atomic mass is 9.78. The van der Waals surface area contributed by atoms with E-state index in [4.69, 9.17) is 5.73 Å². The first-order valence-corrected chi connectivity index (χ1v) is 10.1. The van der Waals surface area contributed by atoms with Gasteiger partial charge >= 0.3 is 0 Å². The highest BCUT2D eigenvalue weighted by atomic mass is 19.1. The molecule has 1 amide bonds. The van der Waals surface area contributed by atoms with Crippen molar-refractivity contribution in [1.82, 2.24) is 4.57 Å². The first-order chi connectivity index (χ1) is 14.4. The average molecular weight is 406 g/mol. The molecule has 154 valence electrons. The van der Waals surface area contributed by atoms with Crippen LogP contribution in [0.2, 0.25) is 0 Å². The molecule has 2 saturated heterocycles. The molecule has 3 aromatic rings. The van der Waals surface area contributed by atoms with E-state index < -0.39 is 5.91 Å². The number of para-hydroxylation sites is 1. The Morgan fingerprint density at radius 1 is 1.03 bits per heavy atom. The zero-order valence-corrected chi connectivity index (χ0v) is 16.8. The van der Waals surface area contributed by atoms with E-state index in [1.54, 1.807) is 19.2 Å². The van der Waals surface area contributed by atoms with Crippen molar-refractivity contribution in [3.63, 3.8) is 0 Å². The van der Waals surface area contributed by atoms with E-state index >= 15 is 0 Å². The molecule has 2 aliphatic rings. The van der Waals surface area contributed by atoms with Crippen LogP contribution in [0.1, 0.15) is 16.8 Å². The molecule has 0 aliphatic carbocycles. The van der Waals surface area contributed by atoms with E-state index in [2.05, 4.69) is 9.80 Å². The average Bonchev–Trinajstić information content (AvgIpc) is 3.15. The monoisotopic (exact) mass is 406 g/mol. The van der Waals surface area contributed by atoms with E-state index in [1.807, 2.05) is 24.3 Å². The lowest BCUT2D eigenvalue weighted by Gasteiger charge is -2.49. The highest BCUT2D eigenvalue weighted by molar-refractivity contribution is 6.07. The number of benzene rings is 2. The molecule has 0 unspecified atom stereocenters. The number of anilines is 2. The number of halogens is 1.